The van der Waals surface area contributed by atoms with Crippen molar-refractivity contribution in [2.45, 2.75) is 26.3 Å². The fourth-order valence-electron chi connectivity index (χ4n) is 2.19. The molecule has 0 fully saturated rings. The average Bonchev–Trinajstić information content (AvgIpc) is 3.01. The van der Waals surface area contributed by atoms with Gasteiger partial charge >= 0.3 is 0 Å². The summed E-state index contributed by atoms with van der Waals surface area (Å²) in [5.41, 5.74) is 0.909. The average molecular weight is 307 g/mol. The topological polar surface area (TPSA) is 56.3 Å². The van der Waals surface area contributed by atoms with Crippen LogP contribution >= 0.6 is 11.3 Å². The highest BCUT2D eigenvalue weighted by atomic mass is 32.1. The predicted octanol–water partition coefficient (Wildman–Crippen LogP) is 3.28. The fraction of sp³-hybridized carbons (Fsp3) is 0.467. The molecule has 1 aromatic carbocycles. The number of nitrogens with zero attached hydrogens (tertiary/aromatic N) is 2. The predicted molar refractivity (Wildman–Crippen MR) is 85.2 cm³/mol. The Bertz CT molecular complexity index is 586. The first kappa shape index (κ1) is 15.7. The Labute approximate surface area is 129 Å². The third-order valence-corrected chi connectivity index (χ3v) is 4.30. The molecule has 0 bridgehead atoms. The minimum absolute atomic E-state index is 0.248. The molecule has 0 aliphatic carbocycles. The van der Waals surface area contributed by atoms with Gasteiger partial charge in [0, 0.05) is 0 Å². The number of rotatable bonds is 7. The van der Waals surface area contributed by atoms with E-state index in [0.29, 0.717) is 11.5 Å². The first-order valence-electron chi connectivity index (χ1n) is 7.03. The summed E-state index contributed by atoms with van der Waals surface area (Å²) in [6.07, 6.45) is 0.984. The molecule has 1 N–H and O–H groups in total. The molecule has 0 spiro atoms. The molecular weight excluding hydrogens is 286 g/mol. The zero-order valence-electron chi connectivity index (χ0n) is 12.8. The first-order valence-corrected chi connectivity index (χ1v) is 7.84. The van der Waals surface area contributed by atoms with E-state index in [2.05, 4.69) is 29.4 Å². The lowest BCUT2D eigenvalue weighted by molar-refractivity contribution is 0.356. The lowest BCUT2D eigenvalue weighted by Gasteiger charge is -2.11. The standard InChI is InChI=1S/C15H21N3O2S/c1-5-11(16-6-2)15-18-17-14(21-15)10-8-7-9-12(19-3)13(10)20-4/h7-9,11,16H,5-6H2,1-4H3. The van der Waals surface area contributed by atoms with Crippen LogP contribution in [0.4, 0.5) is 0 Å². The summed E-state index contributed by atoms with van der Waals surface area (Å²) in [5.74, 6) is 1.39. The van der Waals surface area contributed by atoms with Crippen molar-refractivity contribution in [3.05, 3.63) is 23.2 Å². The van der Waals surface area contributed by atoms with Gasteiger partial charge in [-0.15, -0.1) is 10.2 Å². The van der Waals surface area contributed by atoms with Crippen molar-refractivity contribution in [3.8, 4) is 22.1 Å². The van der Waals surface area contributed by atoms with Crippen LogP contribution in [-0.4, -0.2) is 31.0 Å². The molecular formula is C15H21N3O2S. The van der Waals surface area contributed by atoms with Crippen LogP contribution in [0.2, 0.25) is 0 Å². The lowest BCUT2D eigenvalue weighted by atomic mass is 10.2. The minimum Gasteiger partial charge on any atom is -0.493 e. The highest BCUT2D eigenvalue weighted by molar-refractivity contribution is 7.14. The first-order chi connectivity index (χ1) is 10.2. The van der Waals surface area contributed by atoms with Gasteiger partial charge in [0.2, 0.25) is 0 Å². The van der Waals surface area contributed by atoms with Crippen LogP contribution in [0.3, 0.4) is 0 Å². The monoisotopic (exact) mass is 307 g/mol. The number of ether oxygens (including phenoxy) is 2. The van der Waals surface area contributed by atoms with Gasteiger partial charge < -0.3 is 14.8 Å². The highest BCUT2D eigenvalue weighted by Crippen LogP contribution is 2.39. The molecule has 0 saturated heterocycles. The maximum atomic E-state index is 5.46. The van der Waals surface area contributed by atoms with Crippen LogP contribution in [0, 0.1) is 0 Å². The summed E-state index contributed by atoms with van der Waals surface area (Å²) in [4.78, 5) is 0. The number of benzene rings is 1. The van der Waals surface area contributed by atoms with E-state index >= 15 is 0 Å². The van der Waals surface area contributed by atoms with Crippen molar-refractivity contribution in [1.82, 2.24) is 15.5 Å². The molecule has 5 nitrogen and oxygen atoms in total. The Balaban J connectivity index is 2.37. The minimum atomic E-state index is 0.248. The van der Waals surface area contributed by atoms with Crippen molar-refractivity contribution >= 4 is 11.3 Å². The van der Waals surface area contributed by atoms with Crippen molar-refractivity contribution < 1.29 is 9.47 Å². The second-order valence-electron chi connectivity index (χ2n) is 4.51. The molecule has 0 amide bonds. The van der Waals surface area contributed by atoms with E-state index in [1.54, 1.807) is 25.6 Å². The molecule has 0 aliphatic heterocycles. The summed E-state index contributed by atoms with van der Waals surface area (Å²) < 4.78 is 10.8. The lowest BCUT2D eigenvalue weighted by Crippen LogP contribution is -2.19. The van der Waals surface area contributed by atoms with E-state index in [4.69, 9.17) is 9.47 Å². The molecule has 2 rings (SSSR count). The Kier molecular flexibility index (Phi) is 5.52. The number of para-hydroxylation sites is 1. The Hall–Kier alpha value is -1.66. The van der Waals surface area contributed by atoms with E-state index in [-0.39, 0.29) is 6.04 Å². The summed E-state index contributed by atoms with van der Waals surface area (Å²) in [6.45, 7) is 5.14. The largest absolute Gasteiger partial charge is 0.493 e. The molecule has 2 aromatic rings. The van der Waals surface area contributed by atoms with Gasteiger partial charge in [0.25, 0.3) is 0 Å². The Morgan fingerprint density at radius 2 is 2.00 bits per heavy atom. The molecule has 0 saturated carbocycles. The van der Waals surface area contributed by atoms with E-state index in [0.717, 1.165) is 28.5 Å². The van der Waals surface area contributed by atoms with Gasteiger partial charge in [-0.1, -0.05) is 31.3 Å². The zero-order chi connectivity index (χ0) is 15.2. The number of aromatic nitrogens is 2. The second kappa shape index (κ2) is 7.38. The Morgan fingerprint density at radius 3 is 2.62 bits per heavy atom. The molecule has 1 unspecified atom stereocenters. The summed E-state index contributed by atoms with van der Waals surface area (Å²) in [7, 11) is 3.27. The van der Waals surface area contributed by atoms with E-state index in [1.807, 2.05) is 18.2 Å². The third-order valence-electron chi connectivity index (χ3n) is 3.23. The van der Waals surface area contributed by atoms with Gasteiger partial charge in [0.05, 0.1) is 25.8 Å². The Morgan fingerprint density at radius 1 is 1.19 bits per heavy atom. The second-order valence-corrected chi connectivity index (χ2v) is 5.51. The van der Waals surface area contributed by atoms with Crippen LogP contribution < -0.4 is 14.8 Å². The highest BCUT2D eigenvalue weighted by Gasteiger charge is 2.18. The molecule has 1 heterocycles. The van der Waals surface area contributed by atoms with Gasteiger partial charge in [-0.3, -0.25) is 0 Å². The smallest absolute Gasteiger partial charge is 0.171 e. The molecule has 114 valence electrons. The molecule has 0 radical (unpaired) electrons. The molecule has 1 aromatic heterocycles. The van der Waals surface area contributed by atoms with Crippen molar-refractivity contribution in [2.24, 2.45) is 0 Å². The normalized spacial score (nSPS) is 12.2. The number of hydrogen-bond donors (Lipinski definition) is 1. The van der Waals surface area contributed by atoms with Crippen molar-refractivity contribution in [3.63, 3.8) is 0 Å². The number of hydrogen-bond acceptors (Lipinski definition) is 6. The van der Waals surface area contributed by atoms with E-state index in [1.165, 1.54) is 0 Å². The molecule has 21 heavy (non-hydrogen) atoms. The fourth-order valence-corrected chi connectivity index (χ4v) is 3.22. The van der Waals surface area contributed by atoms with Crippen LogP contribution in [-0.2, 0) is 0 Å². The van der Waals surface area contributed by atoms with Gasteiger partial charge in [0.1, 0.15) is 5.01 Å². The van der Waals surface area contributed by atoms with Crippen molar-refractivity contribution in [1.29, 1.82) is 0 Å². The van der Waals surface area contributed by atoms with Crippen LogP contribution in [0.15, 0.2) is 18.2 Å². The van der Waals surface area contributed by atoms with Crippen LogP contribution in [0.1, 0.15) is 31.3 Å². The van der Waals surface area contributed by atoms with Crippen LogP contribution in [0.5, 0.6) is 11.5 Å². The summed E-state index contributed by atoms with van der Waals surface area (Å²) >= 11 is 1.59. The maximum Gasteiger partial charge on any atom is 0.171 e. The van der Waals surface area contributed by atoms with Gasteiger partial charge in [0.15, 0.2) is 16.5 Å². The molecule has 0 aliphatic rings. The number of methoxy groups -OCH3 is 2. The summed E-state index contributed by atoms with van der Waals surface area (Å²) in [5, 5.41) is 13.9. The SMILES string of the molecule is CCNC(CC)c1nnc(-c2cccc(OC)c2OC)s1. The van der Waals surface area contributed by atoms with Crippen LogP contribution in [0.25, 0.3) is 10.6 Å². The quantitative estimate of drug-likeness (QED) is 0.850. The summed E-state index contributed by atoms with van der Waals surface area (Å²) in [6, 6.07) is 6.02. The van der Waals surface area contributed by atoms with Crippen molar-refractivity contribution in [2.75, 3.05) is 20.8 Å². The van der Waals surface area contributed by atoms with Gasteiger partial charge in [-0.2, -0.15) is 0 Å². The molecule has 1 atom stereocenters. The van der Waals surface area contributed by atoms with E-state index in [9.17, 15) is 0 Å². The van der Waals surface area contributed by atoms with Gasteiger partial charge in [-0.05, 0) is 25.1 Å². The maximum absolute atomic E-state index is 5.46. The molecule has 6 heteroatoms. The number of nitrogens with one attached hydrogen (secondary N) is 1. The third kappa shape index (κ3) is 3.33. The van der Waals surface area contributed by atoms with E-state index < -0.39 is 0 Å². The van der Waals surface area contributed by atoms with Gasteiger partial charge in [-0.25, -0.2) is 0 Å². The zero-order valence-corrected chi connectivity index (χ0v) is 13.7.